The van der Waals surface area contributed by atoms with Crippen LogP contribution in [0.3, 0.4) is 0 Å². The van der Waals surface area contributed by atoms with E-state index >= 15 is 0 Å². The Morgan fingerprint density at radius 1 is 1.30 bits per heavy atom. The molecule has 0 bridgehead atoms. The molecule has 0 amide bonds. The van der Waals surface area contributed by atoms with E-state index in [1.807, 2.05) is 0 Å². The van der Waals surface area contributed by atoms with Crippen LogP contribution in [0.5, 0.6) is 0 Å². The maximum atomic E-state index is 14.1. The Kier molecular flexibility index (Phi) is 5.33. The van der Waals surface area contributed by atoms with Crippen molar-refractivity contribution in [2.24, 2.45) is 5.92 Å². The van der Waals surface area contributed by atoms with Crippen LogP contribution >= 0.6 is 0 Å². The predicted octanol–water partition coefficient (Wildman–Crippen LogP) is 5.33. The summed E-state index contributed by atoms with van der Waals surface area (Å²) in [6.45, 7) is 10.9. The van der Waals surface area contributed by atoms with Crippen molar-refractivity contribution in [3.8, 4) is 0 Å². The Morgan fingerprint density at radius 3 is 2.48 bits per heavy atom. The Labute approximate surface area is 138 Å². The zero-order valence-corrected chi connectivity index (χ0v) is 14.6. The number of hydrogen-bond donors (Lipinski definition) is 1. The number of halogens is 2. The first-order chi connectivity index (χ1) is 10.7. The lowest BCUT2D eigenvalue weighted by atomic mass is 9.87. The predicted molar refractivity (Wildman–Crippen MR) is 91.8 cm³/mol. The van der Waals surface area contributed by atoms with E-state index in [4.69, 9.17) is 0 Å². The van der Waals surface area contributed by atoms with Gasteiger partial charge in [0.05, 0.1) is 0 Å². The van der Waals surface area contributed by atoms with E-state index in [-0.39, 0.29) is 5.83 Å². The first kappa shape index (κ1) is 17.8. The number of nitrogens with one attached hydrogen (secondary N) is 1. The molecule has 0 aromatic heterocycles. The Balaban J connectivity index is 2.19. The van der Waals surface area contributed by atoms with E-state index in [0.717, 1.165) is 18.8 Å². The van der Waals surface area contributed by atoms with Gasteiger partial charge in [-0.3, -0.25) is 0 Å². The van der Waals surface area contributed by atoms with Crippen molar-refractivity contribution in [2.75, 3.05) is 0 Å². The average molecular weight is 322 g/mol. The van der Waals surface area contributed by atoms with E-state index in [0.29, 0.717) is 23.1 Å². The molecular weight excluding hydrogens is 294 g/mol. The Hall–Kier alpha value is -1.58. The summed E-state index contributed by atoms with van der Waals surface area (Å²) < 4.78 is 27.9. The topological polar surface area (TPSA) is 15.3 Å². The van der Waals surface area contributed by atoms with E-state index in [2.05, 4.69) is 18.8 Å². The summed E-state index contributed by atoms with van der Waals surface area (Å²) in [7, 11) is 0. The molecule has 1 aliphatic heterocycles. The van der Waals surface area contributed by atoms with Gasteiger partial charge in [-0.15, -0.1) is 0 Å². The fourth-order valence-electron chi connectivity index (χ4n) is 2.85. The fraction of sp³-hybridized carbons (Fsp3) is 0.579. The third-order valence-corrected chi connectivity index (χ3v) is 4.78. The van der Waals surface area contributed by atoms with Crippen molar-refractivity contribution in [3.63, 3.8) is 0 Å². The fourth-order valence-corrected chi connectivity index (χ4v) is 2.85. The Morgan fingerprint density at radius 2 is 1.91 bits per heavy atom. The van der Waals surface area contributed by atoms with Crippen LogP contribution in [0.4, 0.5) is 8.78 Å². The van der Waals surface area contributed by atoms with Crippen LogP contribution in [0, 0.1) is 5.92 Å². The summed E-state index contributed by atoms with van der Waals surface area (Å²) in [6, 6.07) is 0.325. The highest BCUT2D eigenvalue weighted by atomic mass is 19.1. The molecule has 4 heteroatoms. The maximum absolute atomic E-state index is 14.1. The molecule has 23 heavy (non-hydrogen) atoms. The summed E-state index contributed by atoms with van der Waals surface area (Å²) in [5.74, 6) is 1.06. The summed E-state index contributed by atoms with van der Waals surface area (Å²) in [5, 5.41) is 3.42. The largest absolute Gasteiger partial charge is 0.368 e. The van der Waals surface area contributed by atoms with Crippen LogP contribution in [0.1, 0.15) is 53.4 Å². The van der Waals surface area contributed by atoms with Crippen molar-refractivity contribution >= 4 is 0 Å². The van der Waals surface area contributed by atoms with E-state index in [1.165, 1.54) is 38.8 Å². The van der Waals surface area contributed by atoms with Gasteiger partial charge < -0.3 is 10.2 Å². The number of hydrogen-bond acceptors (Lipinski definition) is 2. The minimum Gasteiger partial charge on any atom is -0.368 e. The summed E-state index contributed by atoms with van der Waals surface area (Å²) in [5.41, 5.74) is -0.356. The molecule has 2 rings (SSSR count). The number of nitrogens with zero attached hydrogens (tertiary/aromatic N) is 1. The van der Waals surface area contributed by atoms with Crippen LogP contribution < -0.4 is 5.32 Å². The average Bonchev–Trinajstić information content (AvgIpc) is 2.43. The van der Waals surface area contributed by atoms with E-state index < -0.39 is 5.67 Å². The minimum atomic E-state index is -1.43. The van der Waals surface area contributed by atoms with Crippen LogP contribution in [0.2, 0.25) is 0 Å². The van der Waals surface area contributed by atoms with Gasteiger partial charge >= 0.3 is 0 Å². The lowest BCUT2D eigenvalue weighted by Gasteiger charge is -2.34. The van der Waals surface area contributed by atoms with E-state index in [9.17, 15) is 8.78 Å². The summed E-state index contributed by atoms with van der Waals surface area (Å²) >= 11 is 0. The zero-order valence-electron chi connectivity index (χ0n) is 14.6. The second-order valence-electron chi connectivity index (χ2n) is 7.31. The van der Waals surface area contributed by atoms with Gasteiger partial charge in [-0.1, -0.05) is 13.5 Å². The van der Waals surface area contributed by atoms with Crippen LogP contribution in [-0.2, 0) is 0 Å². The lowest BCUT2D eigenvalue weighted by molar-refractivity contribution is 0.263. The van der Waals surface area contributed by atoms with Crippen LogP contribution in [-0.4, -0.2) is 16.6 Å². The second kappa shape index (κ2) is 6.90. The molecule has 128 valence electrons. The molecule has 1 heterocycles. The normalized spacial score (nSPS) is 26.8. The molecule has 2 aliphatic rings. The highest BCUT2D eigenvalue weighted by molar-refractivity contribution is 5.36. The molecule has 0 aromatic rings. The highest BCUT2D eigenvalue weighted by Crippen LogP contribution is 2.29. The van der Waals surface area contributed by atoms with Gasteiger partial charge in [-0.05, 0) is 64.0 Å². The van der Waals surface area contributed by atoms with Crippen LogP contribution in [0.25, 0.3) is 0 Å². The van der Waals surface area contributed by atoms with Crippen molar-refractivity contribution in [1.82, 2.24) is 10.2 Å². The maximum Gasteiger partial charge on any atom is 0.128 e. The van der Waals surface area contributed by atoms with Gasteiger partial charge in [-0.25, -0.2) is 8.78 Å². The molecule has 1 saturated carbocycles. The molecule has 1 N–H and O–H groups in total. The molecule has 0 radical (unpaired) electrons. The standard InChI is InChI=1S/C19H28F2N2/c1-13-6-8-17(9-7-13)22-18-11-16(20)10-15(3)23(18)12-14(2)19(4,5)21/h10-13,17,22H,3,6-9H2,1-2,4-5H3/b14-12+. The van der Waals surface area contributed by atoms with E-state index in [1.54, 1.807) is 18.0 Å². The molecule has 0 atom stereocenters. The van der Waals surface area contributed by atoms with Crippen molar-refractivity contribution in [2.45, 2.75) is 65.1 Å². The number of rotatable bonds is 4. The van der Waals surface area contributed by atoms with Crippen LogP contribution in [0.15, 0.2) is 47.8 Å². The van der Waals surface area contributed by atoms with Gasteiger partial charge in [0.1, 0.15) is 17.3 Å². The number of allylic oxidation sites excluding steroid dienone is 4. The van der Waals surface area contributed by atoms with Crippen molar-refractivity contribution in [3.05, 3.63) is 47.8 Å². The minimum absolute atomic E-state index is 0.325. The highest BCUT2D eigenvalue weighted by Gasteiger charge is 2.25. The van der Waals surface area contributed by atoms with Gasteiger partial charge in [0.2, 0.25) is 0 Å². The van der Waals surface area contributed by atoms with Crippen molar-refractivity contribution in [1.29, 1.82) is 0 Å². The molecule has 0 saturated heterocycles. The molecule has 0 unspecified atom stereocenters. The van der Waals surface area contributed by atoms with Gasteiger partial charge in [0.25, 0.3) is 0 Å². The molecule has 2 nitrogen and oxygen atoms in total. The monoisotopic (exact) mass is 322 g/mol. The number of alkyl halides is 1. The van der Waals surface area contributed by atoms with Gasteiger partial charge in [-0.2, -0.15) is 0 Å². The quantitative estimate of drug-likeness (QED) is 0.752. The zero-order chi connectivity index (χ0) is 17.2. The third kappa shape index (κ3) is 4.69. The molecule has 0 spiro atoms. The molecule has 0 aromatic carbocycles. The molecule has 1 aliphatic carbocycles. The summed E-state index contributed by atoms with van der Waals surface area (Å²) in [6.07, 6.45) is 9.02. The summed E-state index contributed by atoms with van der Waals surface area (Å²) in [4.78, 5) is 1.75. The van der Waals surface area contributed by atoms with Gasteiger partial charge in [0.15, 0.2) is 0 Å². The SMILES string of the molecule is C=C1C=C(F)C=C(NC2CCC(C)CC2)N1/C=C(\C)C(C)(C)F. The lowest BCUT2D eigenvalue weighted by Crippen LogP contribution is -2.38. The molecule has 1 fully saturated rings. The molecular formula is C19H28F2N2. The smallest absolute Gasteiger partial charge is 0.128 e. The first-order valence-electron chi connectivity index (χ1n) is 8.38. The first-order valence-corrected chi connectivity index (χ1v) is 8.38. The van der Waals surface area contributed by atoms with Crippen molar-refractivity contribution < 1.29 is 8.78 Å². The Bertz CT molecular complexity index is 544. The van der Waals surface area contributed by atoms with Gasteiger partial charge in [0, 0.05) is 24.0 Å². The second-order valence-corrected chi connectivity index (χ2v) is 7.31. The third-order valence-electron chi connectivity index (χ3n) is 4.78.